The molecule has 3 heteroatoms. The van der Waals surface area contributed by atoms with Crippen LogP contribution >= 0.6 is 0 Å². The van der Waals surface area contributed by atoms with Crippen molar-refractivity contribution >= 4 is 0 Å². The van der Waals surface area contributed by atoms with Gasteiger partial charge in [-0.3, -0.25) is 0 Å². The molecule has 0 amide bonds. The molecule has 2 atom stereocenters. The number of nitrogens with zero attached hydrogens (tertiary/aromatic N) is 1. The van der Waals surface area contributed by atoms with Gasteiger partial charge in [0, 0.05) is 25.8 Å². The monoisotopic (exact) mass is 254 g/mol. The molecule has 2 rings (SSSR count). The third-order valence-corrected chi connectivity index (χ3v) is 4.71. The number of methoxy groups -OCH3 is 1. The maximum absolute atomic E-state index is 5.27. The summed E-state index contributed by atoms with van der Waals surface area (Å²) < 4.78 is 5.27. The van der Waals surface area contributed by atoms with Crippen LogP contribution in [-0.2, 0) is 4.74 Å². The van der Waals surface area contributed by atoms with E-state index in [2.05, 4.69) is 17.1 Å². The number of hydrogen-bond donors (Lipinski definition) is 1. The van der Waals surface area contributed by atoms with Gasteiger partial charge in [0.2, 0.25) is 0 Å². The van der Waals surface area contributed by atoms with E-state index in [4.69, 9.17) is 4.74 Å². The standard InChI is InChI=1S/C15H30N2O/c1-13(11-15-5-3-4-8-16-15)17-9-6-14(7-10-17)12-18-2/h13-16H,3-12H2,1-2H3. The molecule has 2 aliphatic rings. The highest BCUT2D eigenvalue weighted by Crippen LogP contribution is 2.22. The lowest BCUT2D eigenvalue weighted by Gasteiger charge is -2.38. The molecule has 2 aliphatic heterocycles. The summed E-state index contributed by atoms with van der Waals surface area (Å²) in [5, 5.41) is 3.67. The minimum absolute atomic E-state index is 0.740. The van der Waals surface area contributed by atoms with Gasteiger partial charge in [0.05, 0.1) is 0 Å². The van der Waals surface area contributed by atoms with Crippen LogP contribution < -0.4 is 5.32 Å². The van der Waals surface area contributed by atoms with Gasteiger partial charge in [-0.05, 0) is 64.6 Å². The van der Waals surface area contributed by atoms with Crippen molar-refractivity contribution in [1.29, 1.82) is 0 Å². The van der Waals surface area contributed by atoms with Gasteiger partial charge < -0.3 is 15.0 Å². The van der Waals surface area contributed by atoms with E-state index in [1.54, 1.807) is 0 Å². The van der Waals surface area contributed by atoms with E-state index in [1.165, 1.54) is 58.2 Å². The van der Waals surface area contributed by atoms with Crippen molar-refractivity contribution in [2.45, 2.75) is 57.5 Å². The van der Waals surface area contributed by atoms with Crippen LogP contribution in [0.2, 0.25) is 0 Å². The summed E-state index contributed by atoms with van der Waals surface area (Å²) in [7, 11) is 1.82. The van der Waals surface area contributed by atoms with Crippen molar-refractivity contribution in [2.24, 2.45) is 5.92 Å². The van der Waals surface area contributed by atoms with Gasteiger partial charge in [0.25, 0.3) is 0 Å². The average Bonchev–Trinajstić information content (AvgIpc) is 2.41. The third-order valence-electron chi connectivity index (χ3n) is 4.71. The number of hydrogen-bond acceptors (Lipinski definition) is 3. The van der Waals surface area contributed by atoms with E-state index in [9.17, 15) is 0 Å². The Hall–Kier alpha value is -0.120. The van der Waals surface area contributed by atoms with Gasteiger partial charge in [-0.15, -0.1) is 0 Å². The van der Waals surface area contributed by atoms with Crippen LogP contribution in [-0.4, -0.2) is 50.3 Å². The molecular formula is C15H30N2O. The van der Waals surface area contributed by atoms with Crippen molar-refractivity contribution in [3.63, 3.8) is 0 Å². The van der Waals surface area contributed by atoms with E-state index in [0.717, 1.165) is 24.6 Å². The number of likely N-dealkylation sites (tertiary alicyclic amines) is 1. The van der Waals surface area contributed by atoms with Crippen LogP contribution in [0, 0.1) is 5.92 Å². The first-order chi connectivity index (χ1) is 8.79. The number of rotatable bonds is 5. The molecule has 0 bridgehead atoms. The van der Waals surface area contributed by atoms with Crippen LogP contribution in [0.15, 0.2) is 0 Å². The highest BCUT2D eigenvalue weighted by Gasteiger charge is 2.24. The molecule has 2 saturated heterocycles. The fraction of sp³-hybridized carbons (Fsp3) is 1.00. The van der Waals surface area contributed by atoms with Gasteiger partial charge in [-0.25, -0.2) is 0 Å². The molecule has 2 heterocycles. The first kappa shape index (κ1) is 14.3. The molecule has 0 spiro atoms. The molecule has 0 aromatic rings. The van der Waals surface area contributed by atoms with Crippen molar-refractivity contribution in [1.82, 2.24) is 10.2 Å². The first-order valence-corrected chi connectivity index (χ1v) is 7.76. The first-order valence-electron chi connectivity index (χ1n) is 7.76. The van der Waals surface area contributed by atoms with Crippen molar-refractivity contribution in [2.75, 3.05) is 33.4 Å². The SMILES string of the molecule is COCC1CCN(C(C)CC2CCCCN2)CC1. The highest BCUT2D eigenvalue weighted by atomic mass is 16.5. The fourth-order valence-electron chi connectivity index (χ4n) is 3.48. The van der Waals surface area contributed by atoms with Crippen LogP contribution in [0.3, 0.4) is 0 Å². The van der Waals surface area contributed by atoms with E-state index in [-0.39, 0.29) is 0 Å². The van der Waals surface area contributed by atoms with E-state index in [1.807, 2.05) is 7.11 Å². The molecule has 0 radical (unpaired) electrons. The molecule has 1 N–H and O–H groups in total. The van der Waals surface area contributed by atoms with E-state index < -0.39 is 0 Å². The Morgan fingerprint density at radius 3 is 2.61 bits per heavy atom. The third kappa shape index (κ3) is 4.22. The Morgan fingerprint density at radius 2 is 2.00 bits per heavy atom. The lowest BCUT2D eigenvalue weighted by atomic mass is 9.94. The molecule has 3 nitrogen and oxygen atoms in total. The predicted molar refractivity (Wildman–Crippen MR) is 75.9 cm³/mol. The summed E-state index contributed by atoms with van der Waals surface area (Å²) in [5.41, 5.74) is 0. The van der Waals surface area contributed by atoms with Gasteiger partial charge in [-0.2, -0.15) is 0 Å². The van der Waals surface area contributed by atoms with Crippen molar-refractivity contribution < 1.29 is 4.74 Å². The summed E-state index contributed by atoms with van der Waals surface area (Å²) in [6, 6.07) is 1.51. The highest BCUT2D eigenvalue weighted by molar-refractivity contribution is 4.81. The number of piperidine rings is 2. The van der Waals surface area contributed by atoms with Gasteiger partial charge in [-0.1, -0.05) is 6.42 Å². The molecule has 0 aromatic heterocycles. The summed E-state index contributed by atoms with van der Waals surface area (Å²) >= 11 is 0. The second kappa shape index (κ2) is 7.46. The van der Waals surface area contributed by atoms with Crippen LogP contribution in [0.1, 0.15) is 45.4 Å². The number of nitrogens with one attached hydrogen (secondary N) is 1. The lowest BCUT2D eigenvalue weighted by Crippen LogP contribution is -2.45. The molecule has 0 aromatic carbocycles. The minimum atomic E-state index is 0.740. The molecular weight excluding hydrogens is 224 g/mol. The Morgan fingerprint density at radius 1 is 1.22 bits per heavy atom. The number of ether oxygens (including phenoxy) is 1. The quantitative estimate of drug-likeness (QED) is 0.814. The molecule has 18 heavy (non-hydrogen) atoms. The molecule has 106 valence electrons. The molecule has 0 saturated carbocycles. The summed E-state index contributed by atoms with van der Waals surface area (Å²) in [5.74, 6) is 0.797. The van der Waals surface area contributed by atoms with Crippen molar-refractivity contribution in [3.8, 4) is 0 Å². The van der Waals surface area contributed by atoms with Crippen LogP contribution in [0.4, 0.5) is 0 Å². The van der Waals surface area contributed by atoms with Crippen LogP contribution in [0.25, 0.3) is 0 Å². The van der Waals surface area contributed by atoms with E-state index >= 15 is 0 Å². The largest absolute Gasteiger partial charge is 0.384 e. The zero-order valence-electron chi connectivity index (χ0n) is 12.2. The summed E-state index contributed by atoms with van der Waals surface area (Å²) in [6.07, 6.45) is 8.12. The van der Waals surface area contributed by atoms with Gasteiger partial charge in [0.15, 0.2) is 0 Å². The van der Waals surface area contributed by atoms with Gasteiger partial charge >= 0.3 is 0 Å². The zero-order chi connectivity index (χ0) is 12.8. The maximum Gasteiger partial charge on any atom is 0.0491 e. The second-order valence-electron chi connectivity index (χ2n) is 6.17. The molecule has 0 aliphatic carbocycles. The van der Waals surface area contributed by atoms with Gasteiger partial charge in [0.1, 0.15) is 0 Å². The second-order valence-corrected chi connectivity index (χ2v) is 6.17. The molecule has 2 fully saturated rings. The molecule has 2 unspecified atom stereocenters. The van der Waals surface area contributed by atoms with E-state index in [0.29, 0.717) is 0 Å². The fourth-order valence-corrected chi connectivity index (χ4v) is 3.48. The zero-order valence-corrected chi connectivity index (χ0v) is 12.2. The topological polar surface area (TPSA) is 24.5 Å². The Balaban J connectivity index is 1.68. The Bertz CT molecular complexity index is 221. The smallest absolute Gasteiger partial charge is 0.0491 e. The van der Waals surface area contributed by atoms with Crippen LogP contribution in [0.5, 0.6) is 0 Å². The minimum Gasteiger partial charge on any atom is -0.384 e. The predicted octanol–water partition coefficient (Wildman–Crippen LogP) is 2.27. The lowest BCUT2D eigenvalue weighted by molar-refractivity contribution is 0.0776. The normalized spacial score (nSPS) is 29.3. The Labute approximate surface area is 112 Å². The Kier molecular flexibility index (Phi) is 5.93. The summed E-state index contributed by atoms with van der Waals surface area (Å²) in [4.78, 5) is 2.68. The summed E-state index contributed by atoms with van der Waals surface area (Å²) in [6.45, 7) is 7.12. The van der Waals surface area contributed by atoms with Crippen molar-refractivity contribution in [3.05, 3.63) is 0 Å². The maximum atomic E-state index is 5.27. The average molecular weight is 254 g/mol.